The molecule has 1 aliphatic carbocycles. The molecule has 2 atom stereocenters. The van der Waals surface area contributed by atoms with E-state index in [1.807, 2.05) is 0 Å². The average Bonchev–Trinajstić information content (AvgIpc) is 2.75. The van der Waals surface area contributed by atoms with E-state index in [2.05, 4.69) is 26.0 Å². The van der Waals surface area contributed by atoms with Gasteiger partial charge < -0.3 is 5.32 Å². The van der Waals surface area contributed by atoms with Crippen LogP contribution in [0, 0.1) is 11.8 Å². The van der Waals surface area contributed by atoms with Crippen LogP contribution in [0.4, 0.5) is 0 Å². The summed E-state index contributed by atoms with van der Waals surface area (Å²) in [7, 11) is -3.35. The lowest BCUT2D eigenvalue weighted by Gasteiger charge is -2.08. The highest BCUT2D eigenvalue weighted by Gasteiger charge is 2.54. The quantitative estimate of drug-likeness (QED) is 0.863. The molecule has 0 radical (unpaired) electrons. The zero-order valence-corrected chi connectivity index (χ0v) is 12.7. The van der Waals surface area contributed by atoms with E-state index in [0.717, 1.165) is 17.6 Å². The van der Waals surface area contributed by atoms with Gasteiger partial charge in [0.05, 0.1) is 4.90 Å². The van der Waals surface area contributed by atoms with Gasteiger partial charge in [0.2, 0.25) is 10.0 Å². The lowest BCUT2D eigenvalue weighted by Crippen LogP contribution is -2.32. The van der Waals surface area contributed by atoms with Crippen LogP contribution in [-0.2, 0) is 10.0 Å². The number of hydrogen-bond donors (Lipinski definition) is 2. The Kier molecular flexibility index (Phi) is 4.04. The molecule has 0 aromatic heterocycles. The van der Waals surface area contributed by atoms with Gasteiger partial charge in [-0.15, -0.1) is 12.4 Å². The van der Waals surface area contributed by atoms with E-state index in [1.54, 1.807) is 24.3 Å². The van der Waals surface area contributed by atoms with Crippen LogP contribution in [0.2, 0.25) is 0 Å². The highest BCUT2D eigenvalue weighted by Crippen LogP contribution is 2.42. The van der Waals surface area contributed by atoms with Gasteiger partial charge in [0, 0.05) is 10.5 Å². The molecular formula is C11H14BrClN2O2S. The average molecular weight is 354 g/mol. The van der Waals surface area contributed by atoms with Gasteiger partial charge in [0.1, 0.15) is 0 Å². The maximum Gasteiger partial charge on any atom is 0.240 e. The zero-order valence-electron chi connectivity index (χ0n) is 9.47. The summed E-state index contributed by atoms with van der Waals surface area (Å²) in [5.74, 6) is 0.973. The van der Waals surface area contributed by atoms with Crippen LogP contribution in [0.1, 0.15) is 0 Å². The Morgan fingerprint density at radius 1 is 1.17 bits per heavy atom. The van der Waals surface area contributed by atoms with Crippen molar-refractivity contribution in [3.8, 4) is 0 Å². The summed E-state index contributed by atoms with van der Waals surface area (Å²) >= 11 is 3.29. The van der Waals surface area contributed by atoms with Gasteiger partial charge in [0.25, 0.3) is 0 Å². The molecule has 1 heterocycles. The number of hydrogen-bond acceptors (Lipinski definition) is 3. The largest absolute Gasteiger partial charge is 0.316 e. The first-order valence-corrected chi connectivity index (χ1v) is 7.84. The van der Waals surface area contributed by atoms with E-state index in [1.165, 1.54) is 0 Å². The summed E-state index contributed by atoms with van der Waals surface area (Å²) in [6.07, 6.45) is 0. The fourth-order valence-corrected chi connectivity index (χ4v) is 4.06. The van der Waals surface area contributed by atoms with Crippen LogP contribution >= 0.6 is 28.3 Å². The minimum absolute atomic E-state index is 0. The first-order valence-electron chi connectivity index (χ1n) is 5.56. The molecule has 4 nitrogen and oxygen atoms in total. The minimum Gasteiger partial charge on any atom is -0.316 e. The van der Waals surface area contributed by atoms with Gasteiger partial charge >= 0.3 is 0 Å². The van der Waals surface area contributed by atoms with Gasteiger partial charge in [-0.25, -0.2) is 13.1 Å². The number of nitrogens with one attached hydrogen (secondary N) is 2. The number of benzene rings is 1. The van der Waals surface area contributed by atoms with Crippen LogP contribution < -0.4 is 10.0 Å². The number of rotatable bonds is 3. The first kappa shape index (κ1) is 14.3. The van der Waals surface area contributed by atoms with Crippen LogP contribution in [-0.4, -0.2) is 27.5 Å². The highest BCUT2D eigenvalue weighted by molar-refractivity contribution is 9.10. The van der Waals surface area contributed by atoms with E-state index in [0.29, 0.717) is 16.7 Å². The summed E-state index contributed by atoms with van der Waals surface area (Å²) in [4.78, 5) is 0.332. The summed E-state index contributed by atoms with van der Waals surface area (Å²) < 4.78 is 27.8. The maximum atomic E-state index is 12.1. The summed E-state index contributed by atoms with van der Waals surface area (Å²) in [6.45, 7) is 1.86. The van der Waals surface area contributed by atoms with Gasteiger partial charge in [-0.2, -0.15) is 0 Å². The van der Waals surface area contributed by atoms with Crippen molar-refractivity contribution in [3.05, 3.63) is 28.7 Å². The Morgan fingerprint density at radius 3 is 2.28 bits per heavy atom. The Balaban J connectivity index is 0.00000120. The van der Waals surface area contributed by atoms with E-state index in [9.17, 15) is 8.42 Å². The monoisotopic (exact) mass is 352 g/mol. The van der Waals surface area contributed by atoms with E-state index in [-0.39, 0.29) is 18.4 Å². The topological polar surface area (TPSA) is 58.2 Å². The van der Waals surface area contributed by atoms with Crippen molar-refractivity contribution in [2.24, 2.45) is 11.8 Å². The lowest BCUT2D eigenvalue weighted by atomic mass is 10.4. The van der Waals surface area contributed by atoms with Gasteiger partial charge in [-0.1, -0.05) is 15.9 Å². The third-order valence-electron chi connectivity index (χ3n) is 3.51. The van der Waals surface area contributed by atoms with E-state index < -0.39 is 10.0 Å². The molecule has 0 bridgehead atoms. The molecular weight excluding hydrogens is 340 g/mol. The molecule has 1 aromatic carbocycles. The molecule has 1 aliphatic heterocycles. The third kappa shape index (κ3) is 2.58. The molecule has 3 rings (SSSR count). The van der Waals surface area contributed by atoms with Crippen molar-refractivity contribution in [1.29, 1.82) is 0 Å². The molecule has 1 saturated carbocycles. The molecule has 1 saturated heterocycles. The van der Waals surface area contributed by atoms with Crippen LogP contribution in [0.5, 0.6) is 0 Å². The standard InChI is InChI=1S/C11H13BrN2O2S.ClH/c12-7-1-3-8(4-2-7)17(15,16)14-11-9-5-13-6-10(9)11;/h1-4,9-11,13-14H,5-6H2;1H. The van der Waals surface area contributed by atoms with Gasteiger partial charge in [0.15, 0.2) is 0 Å². The molecule has 100 valence electrons. The Labute approximate surface area is 121 Å². The molecule has 7 heteroatoms. The van der Waals surface area contributed by atoms with Crippen LogP contribution in [0.15, 0.2) is 33.6 Å². The highest BCUT2D eigenvalue weighted by atomic mass is 79.9. The van der Waals surface area contributed by atoms with Crippen molar-refractivity contribution in [2.75, 3.05) is 13.1 Å². The predicted molar refractivity (Wildman–Crippen MR) is 75.3 cm³/mol. The third-order valence-corrected chi connectivity index (χ3v) is 5.51. The molecule has 0 spiro atoms. The summed E-state index contributed by atoms with van der Waals surface area (Å²) in [5.41, 5.74) is 0. The summed E-state index contributed by atoms with van der Waals surface area (Å²) in [5, 5.41) is 3.24. The fourth-order valence-electron chi connectivity index (χ4n) is 2.45. The molecule has 2 aliphatic rings. The Hall–Kier alpha value is -0.140. The second-order valence-electron chi connectivity index (χ2n) is 4.59. The molecule has 2 fully saturated rings. The second kappa shape index (κ2) is 5.09. The molecule has 2 unspecified atom stereocenters. The molecule has 1 aromatic rings. The van der Waals surface area contributed by atoms with Crippen molar-refractivity contribution in [3.63, 3.8) is 0 Å². The first-order chi connectivity index (χ1) is 8.08. The SMILES string of the molecule is Cl.O=S(=O)(NC1C2CNCC21)c1ccc(Br)cc1. The number of halogens is 2. The number of piperidine rings is 1. The van der Waals surface area contributed by atoms with Crippen LogP contribution in [0.3, 0.4) is 0 Å². The van der Waals surface area contributed by atoms with Gasteiger partial charge in [-0.05, 0) is 49.2 Å². The van der Waals surface area contributed by atoms with E-state index >= 15 is 0 Å². The summed E-state index contributed by atoms with van der Waals surface area (Å²) in [6, 6.07) is 6.84. The number of sulfonamides is 1. The smallest absolute Gasteiger partial charge is 0.240 e. The van der Waals surface area contributed by atoms with E-state index in [4.69, 9.17) is 0 Å². The minimum atomic E-state index is -3.35. The van der Waals surface area contributed by atoms with Crippen molar-refractivity contribution in [1.82, 2.24) is 10.0 Å². The molecule has 18 heavy (non-hydrogen) atoms. The molecule has 2 N–H and O–H groups in total. The Morgan fingerprint density at radius 2 is 1.72 bits per heavy atom. The lowest BCUT2D eigenvalue weighted by molar-refractivity contribution is 0.565. The molecule has 0 amide bonds. The second-order valence-corrected chi connectivity index (χ2v) is 7.22. The van der Waals surface area contributed by atoms with Gasteiger partial charge in [-0.3, -0.25) is 0 Å². The predicted octanol–water partition coefficient (Wildman–Crippen LogP) is 1.37. The van der Waals surface area contributed by atoms with Crippen molar-refractivity contribution >= 4 is 38.4 Å². The van der Waals surface area contributed by atoms with Crippen molar-refractivity contribution in [2.45, 2.75) is 10.9 Å². The normalized spacial score (nSPS) is 29.5. The van der Waals surface area contributed by atoms with Crippen LogP contribution in [0.25, 0.3) is 0 Å². The fraction of sp³-hybridized carbons (Fsp3) is 0.455. The van der Waals surface area contributed by atoms with Crippen molar-refractivity contribution < 1.29 is 8.42 Å². The zero-order chi connectivity index (χ0) is 12.0. The Bertz CT molecular complexity index is 524. The number of fused-ring (bicyclic) bond motifs is 1. The maximum absolute atomic E-state index is 12.1.